The predicted molar refractivity (Wildman–Crippen MR) is 122 cm³/mol. The third-order valence-corrected chi connectivity index (χ3v) is 7.05. The average Bonchev–Trinajstić information content (AvgIpc) is 2.84. The summed E-state index contributed by atoms with van der Waals surface area (Å²) in [6.07, 6.45) is 0.267. The van der Waals surface area contributed by atoms with Crippen LogP contribution in [0.2, 0.25) is 0 Å². The highest BCUT2D eigenvalue weighted by Crippen LogP contribution is 2.33. The van der Waals surface area contributed by atoms with Gasteiger partial charge in [0.2, 0.25) is 11.9 Å². The van der Waals surface area contributed by atoms with Gasteiger partial charge in [-0.25, -0.2) is 4.98 Å². The van der Waals surface area contributed by atoms with E-state index in [1.54, 1.807) is 0 Å². The molecule has 1 amide bonds. The summed E-state index contributed by atoms with van der Waals surface area (Å²) in [6.45, 7) is 4.62. The first-order valence-electron chi connectivity index (χ1n) is 12.1. The molecular weight excluding hydrogens is 461 g/mol. The van der Waals surface area contributed by atoms with Gasteiger partial charge in [-0.1, -0.05) is 12.1 Å². The zero-order chi connectivity index (χ0) is 24.4. The summed E-state index contributed by atoms with van der Waals surface area (Å²) in [5, 5.41) is 11.3. The Morgan fingerprint density at radius 2 is 1.71 bits per heavy atom. The number of rotatable bonds is 5. The molecule has 3 aliphatic rings. The molecule has 3 fully saturated rings. The molecule has 0 unspecified atom stereocenters. The molecular formula is C24H29F3N6O2. The highest BCUT2D eigenvalue weighted by molar-refractivity contribution is 5.78. The number of benzene rings is 1. The van der Waals surface area contributed by atoms with Crippen LogP contribution in [0.4, 0.5) is 19.1 Å². The van der Waals surface area contributed by atoms with Crippen molar-refractivity contribution in [2.75, 3.05) is 50.8 Å². The Hall–Kier alpha value is -2.79. The van der Waals surface area contributed by atoms with Crippen LogP contribution in [0, 0.1) is 11.8 Å². The summed E-state index contributed by atoms with van der Waals surface area (Å²) >= 11 is 0. The predicted octanol–water partition coefficient (Wildman–Crippen LogP) is 2.61. The second-order valence-electron chi connectivity index (χ2n) is 9.72. The van der Waals surface area contributed by atoms with E-state index >= 15 is 0 Å². The lowest BCUT2D eigenvalue weighted by Gasteiger charge is -2.39. The van der Waals surface area contributed by atoms with Crippen molar-refractivity contribution in [2.24, 2.45) is 11.8 Å². The van der Waals surface area contributed by atoms with Crippen molar-refractivity contribution >= 4 is 11.9 Å². The number of anilines is 1. The minimum Gasteiger partial charge on any atom is -0.381 e. The quantitative estimate of drug-likeness (QED) is 0.690. The fourth-order valence-corrected chi connectivity index (χ4v) is 5.34. The van der Waals surface area contributed by atoms with E-state index in [4.69, 9.17) is 4.74 Å². The number of nitrogens with zero attached hydrogens (tertiary/aromatic N) is 5. The second kappa shape index (κ2) is 10.1. The maximum atomic E-state index is 12.8. The van der Waals surface area contributed by atoms with Crippen molar-refractivity contribution in [1.29, 1.82) is 0 Å². The molecule has 2 aromatic rings. The number of amides is 1. The second-order valence-corrected chi connectivity index (χ2v) is 9.72. The number of halogens is 3. The normalized spacial score (nSPS) is 25.3. The van der Waals surface area contributed by atoms with Gasteiger partial charge in [-0.05, 0) is 43.2 Å². The van der Waals surface area contributed by atoms with Crippen LogP contribution in [0.5, 0.6) is 0 Å². The molecule has 188 valence electrons. The molecule has 11 heteroatoms. The van der Waals surface area contributed by atoms with Gasteiger partial charge in [-0.3, -0.25) is 9.69 Å². The van der Waals surface area contributed by atoms with Crippen LogP contribution in [-0.2, 0) is 15.7 Å². The summed E-state index contributed by atoms with van der Waals surface area (Å²) in [5.41, 5.74) is 0.306. The van der Waals surface area contributed by atoms with Gasteiger partial charge in [0.25, 0.3) is 0 Å². The van der Waals surface area contributed by atoms with Crippen molar-refractivity contribution in [3.63, 3.8) is 0 Å². The van der Waals surface area contributed by atoms with E-state index in [1.165, 1.54) is 24.8 Å². The maximum absolute atomic E-state index is 12.8. The molecule has 8 nitrogen and oxygen atoms in total. The molecule has 2 bridgehead atoms. The molecule has 2 aliphatic heterocycles. The van der Waals surface area contributed by atoms with E-state index < -0.39 is 11.7 Å². The first-order valence-corrected chi connectivity index (χ1v) is 12.1. The third kappa shape index (κ3) is 5.90. The number of ether oxygens (including phenoxy) is 1. The molecule has 0 radical (unpaired) electrons. The topological polar surface area (TPSA) is 83.5 Å². The monoisotopic (exact) mass is 490 g/mol. The average molecular weight is 491 g/mol. The van der Waals surface area contributed by atoms with Crippen LogP contribution in [0.3, 0.4) is 0 Å². The standard InChI is InChI=1S/C24H29F3N6O2/c25-24(26,27)19-3-1-18(2-4-19)21-12-28-31-23(30-21)33-7-5-32(6-8-33)13-22(34)29-20-10-16-9-17(11-20)15-35-14-16/h1-4,12,16-17,20H,5-11,13-15H2,(H,29,34)/t16-,17-/m0/s1. The number of piperazine rings is 1. The number of hydrogen-bond acceptors (Lipinski definition) is 7. The number of hydrogen-bond donors (Lipinski definition) is 1. The third-order valence-electron chi connectivity index (χ3n) is 7.05. The number of carbonyl (C=O) groups is 1. The lowest BCUT2D eigenvalue weighted by molar-refractivity contribution is -0.137. The van der Waals surface area contributed by atoms with Gasteiger partial charge >= 0.3 is 6.18 Å². The van der Waals surface area contributed by atoms with E-state index in [0.29, 0.717) is 61.8 Å². The fourth-order valence-electron chi connectivity index (χ4n) is 5.34. The summed E-state index contributed by atoms with van der Waals surface area (Å²) in [5.74, 6) is 1.61. The molecule has 2 saturated heterocycles. The van der Waals surface area contributed by atoms with Gasteiger partial charge in [0.15, 0.2) is 0 Å². The summed E-state index contributed by atoms with van der Waals surface area (Å²) in [4.78, 5) is 21.2. The van der Waals surface area contributed by atoms with E-state index in [9.17, 15) is 18.0 Å². The molecule has 35 heavy (non-hydrogen) atoms. The van der Waals surface area contributed by atoms with Crippen molar-refractivity contribution in [1.82, 2.24) is 25.4 Å². The Kier molecular flexibility index (Phi) is 6.88. The molecule has 1 N–H and O–H groups in total. The van der Waals surface area contributed by atoms with Crippen molar-refractivity contribution in [3.8, 4) is 11.3 Å². The van der Waals surface area contributed by atoms with Crippen LogP contribution in [0.15, 0.2) is 30.5 Å². The summed E-state index contributed by atoms with van der Waals surface area (Å²) < 4.78 is 44.1. The first-order chi connectivity index (χ1) is 16.8. The van der Waals surface area contributed by atoms with Gasteiger partial charge in [0, 0.05) is 51.0 Å². The first kappa shape index (κ1) is 23.9. The van der Waals surface area contributed by atoms with Crippen molar-refractivity contribution in [3.05, 3.63) is 36.0 Å². The Bertz CT molecular complexity index is 1010. The van der Waals surface area contributed by atoms with Crippen LogP contribution in [0.1, 0.15) is 24.8 Å². The fraction of sp³-hybridized carbons (Fsp3) is 0.583. The number of aromatic nitrogens is 3. The number of carbonyl (C=O) groups excluding carboxylic acids is 1. The summed E-state index contributed by atoms with van der Waals surface area (Å²) in [7, 11) is 0. The zero-order valence-corrected chi connectivity index (χ0v) is 19.4. The molecule has 1 saturated carbocycles. The van der Waals surface area contributed by atoms with Gasteiger partial charge in [0.1, 0.15) is 0 Å². The van der Waals surface area contributed by atoms with Gasteiger partial charge < -0.3 is 15.0 Å². The number of nitrogens with one attached hydrogen (secondary N) is 1. The summed E-state index contributed by atoms with van der Waals surface area (Å²) in [6, 6.07) is 5.09. The largest absolute Gasteiger partial charge is 0.416 e. The maximum Gasteiger partial charge on any atom is 0.416 e. The molecule has 1 aliphatic carbocycles. The minimum atomic E-state index is -4.38. The Morgan fingerprint density at radius 1 is 1.03 bits per heavy atom. The lowest BCUT2D eigenvalue weighted by Crippen LogP contribution is -2.52. The van der Waals surface area contributed by atoms with Crippen LogP contribution >= 0.6 is 0 Å². The lowest BCUT2D eigenvalue weighted by atomic mass is 9.78. The van der Waals surface area contributed by atoms with E-state index in [0.717, 1.165) is 38.2 Å². The smallest absolute Gasteiger partial charge is 0.381 e. The van der Waals surface area contributed by atoms with Gasteiger partial charge in [0.05, 0.1) is 24.0 Å². The highest BCUT2D eigenvalue weighted by atomic mass is 19.4. The zero-order valence-electron chi connectivity index (χ0n) is 19.4. The Balaban J connectivity index is 1.12. The van der Waals surface area contributed by atoms with Crippen molar-refractivity contribution in [2.45, 2.75) is 31.5 Å². The van der Waals surface area contributed by atoms with E-state index in [2.05, 4.69) is 25.4 Å². The van der Waals surface area contributed by atoms with Crippen LogP contribution in [-0.4, -0.2) is 78.0 Å². The highest BCUT2D eigenvalue weighted by Gasteiger charge is 2.33. The molecule has 2 atom stereocenters. The molecule has 1 aromatic heterocycles. The molecule has 1 aromatic carbocycles. The minimum absolute atomic E-state index is 0.0616. The van der Waals surface area contributed by atoms with Crippen LogP contribution in [0.25, 0.3) is 11.3 Å². The molecule has 0 spiro atoms. The van der Waals surface area contributed by atoms with E-state index in [1.807, 2.05) is 4.90 Å². The molecule has 5 rings (SSSR count). The van der Waals surface area contributed by atoms with Crippen molar-refractivity contribution < 1.29 is 22.7 Å². The number of alkyl halides is 3. The molecule has 3 heterocycles. The van der Waals surface area contributed by atoms with E-state index in [-0.39, 0.29) is 11.9 Å². The van der Waals surface area contributed by atoms with Gasteiger partial charge in [-0.15, -0.1) is 5.10 Å². The van der Waals surface area contributed by atoms with Crippen LogP contribution < -0.4 is 10.2 Å². The SMILES string of the molecule is O=C(CN1CCN(c2nncc(-c3ccc(C(F)(F)F)cc3)n2)CC1)NC1C[C@H]2COC[C@H](C1)C2. The Labute approximate surface area is 201 Å². The Morgan fingerprint density at radius 3 is 2.37 bits per heavy atom. The van der Waals surface area contributed by atoms with Gasteiger partial charge in [-0.2, -0.15) is 18.3 Å². The number of fused-ring (bicyclic) bond motifs is 2.